The molecule has 1 aromatic heterocycles. The summed E-state index contributed by atoms with van der Waals surface area (Å²) < 4.78 is 0. The van der Waals surface area contributed by atoms with Crippen LogP contribution in [0.5, 0.6) is 0 Å². The molecule has 0 saturated carbocycles. The van der Waals surface area contributed by atoms with E-state index in [2.05, 4.69) is 28.1 Å². The summed E-state index contributed by atoms with van der Waals surface area (Å²) in [4.78, 5) is 16.5. The van der Waals surface area contributed by atoms with E-state index in [0.717, 1.165) is 30.9 Å². The van der Waals surface area contributed by atoms with Gasteiger partial charge in [0.05, 0.1) is 16.9 Å². The maximum absolute atomic E-state index is 11.9. The first-order valence-electron chi connectivity index (χ1n) is 7.20. The van der Waals surface area contributed by atoms with Crippen LogP contribution in [0.15, 0.2) is 12.1 Å². The first kappa shape index (κ1) is 16.0. The lowest BCUT2D eigenvalue weighted by molar-refractivity contribution is -0.129. The molecule has 1 atom stereocenters. The zero-order valence-electron chi connectivity index (χ0n) is 12.6. The molecular formula is C16H22N2O2S. The van der Waals surface area contributed by atoms with Gasteiger partial charge in [0.2, 0.25) is 5.91 Å². The van der Waals surface area contributed by atoms with Gasteiger partial charge in [-0.05, 0) is 32.0 Å². The molecule has 0 spiro atoms. The topological polar surface area (TPSA) is 52.6 Å². The Bertz CT molecular complexity index is 558. The van der Waals surface area contributed by atoms with Gasteiger partial charge in [0.1, 0.15) is 0 Å². The van der Waals surface area contributed by atoms with E-state index in [9.17, 15) is 4.79 Å². The summed E-state index contributed by atoms with van der Waals surface area (Å²) in [6, 6.07) is 4.13. The molecule has 0 bridgehead atoms. The molecule has 21 heavy (non-hydrogen) atoms. The molecule has 4 nitrogen and oxygen atoms in total. The second kappa shape index (κ2) is 7.08. The Balaban J connectivity index is 1.92. The van der Waals surface area contributed by atoms with E-state index in [-0.39, 0.29) is 17.9 Å². The Hall–Kier alpha value is -1.35. The molecule has 1 aliphatic heterocycles. The van der Waals surface area contributed by atoms with Crippen molar-refractivity contribution in [2.75, 3.05) is 26.7 Å². The number of aliphatic hydroxyl groups excluding tert-OH is 1. The van der Waals surface area contributed by atoms with Crippen LogP contribution >= 0.6 is 11.3 Å². The number of aliphatic hydroxyl groups is 1. The Morgan fingerprint density at radius 3 is 3.10 bits per heavy atom. The Labute approximate surface area is 130 Å². The minimum absolute atomic E-state index is 0.108. The Kier molecular flexibility index (Phi) is 5.40. The van der Waals surface area contributed by atoms with Crippen LogP contribution in [0.25, 0.3) is 0 Å². The zero-order chi connectivity index (χ0) is 15.3. The third-order valence-electron chi connectivity index (χ3n) is 3.82. The summed E-state index contributed by atoms with van der Waals surface area (Å²) in [6.45, 7) is 4.77. The van der Waals surface area contributed by atoms with Gasteiger partial charge in [0, 0.05) is 31.4 Å². The summed E-state index contributed by atoms with van der Waals surface area (Å²) in [6.07, 6.45) is 1.42. The predicted octanol–water partition coefficient (Wildman–Crippen LogP) is 1.44. The summed E-state index contributed by atoms with van der Waals surface area (Å²) >= 11 is 1.69. The van der Waals surface area contributed by atoms with Gasteiger partial charge in [-0.1, -0.05) is 11.8 Å². The van der Waals surface area contributed by atoms with E-state index in [0.29, 0.717) is 6.42 Å². The number of nitrogens with one attached hydrogen (secondary N) is 1. The lowest BCUT2D eigenvalue weighted by Gasteiger charge is -2.22. The normalized spacial score (nSPS) is 21.9. The molecule has 2 N–H and O–H groups in total. The molecule has 114 valence electrons. The highest BCUT2D eigenvalue weighted by molar-refractivity contribution is 7.12. The minimum atomic E-state index is -0.268. The highest BCUT2D eigenvalue weighted by atomic mass is 32.1. The van der Waals surface area contributed by atoms with Crippen molar-refractivity contribution in [2.24, 2.45) is 5.41 Å². The van der Waals surface area contributed by atoms with Crippen molar-refractivity contribution in [1.82, 2.24) is 10.2 Å². The summed E-state index contributed by atoms with van der Waals surface area (Å²) in [5.74, 6) is 6.13. The molecule has 2 heterocycles. The van der Waals surface area contributed by atoms with Crippen LogP contribution in [0, 0.1) is 17.3 Å². The van der Waals surface area contributed by atoms with Crippen LogP contribution in [-0.4, -0.2) is 42.7 Å². The van der Waals surface area contributed by atoms with Crippen molar-refractivity contribution in [3.8, 4) is 11.8 Å². The number of carbonyl (C=O) groups is 1. The zero-order valence-corrected chi connectivity index (χ0v) is 13.4. The van der Waals surface area contributed by atoms with Crippen LogP contribution in [0.4, 0.5) is 0 Å². The lowest BCUT2D eigenvalue weighted by atomic mass is 9.89. The second-order valence-electron chi connectivity index (χ2n) is 5.64. The molecule has 1 aliphatic rings. The van der Waals surface area contributed by atoms with Crippen LogP contribution in [0.1, 0.15) is 29.5 Å². The minimum Gasteiger partial charge on any atom is -0.395 e. The van der Waals surface area contributed by atoms with E-state index in [1.54, 1.807) is 18.4 Å². The van der Waals surface area contributed by atoms with Gasteiger partial charge in [-0.3, -0.25) is 9.69 Å². The molecule has 0 aromatic carbocycles. The van der Waals surface area contributed by atoms with Crippen LogP contribution < -0.4 is 5.32 Å². The summed E-state index contributed by atoms with van der Waals surface area (Å²) in [7, 11) is 1.70. The molecule has 5 heteroatoms. The third-order valence-corrected chi connectivity index (χ3v) is 4.80. The number of rotatable bonds is 4. The molecule has 1 aromatic rings. The molecular weight excluding hydrogens is 284 g/mol. The van der Waals surface area contributed by atoms with E-state index in [1.165, 1.54) is 4.88 Å². The number of thiophene rings is 1. The van der Waals surface area contributed by atoms with Crippen molar-refractivity contribution < 1.29 is 9.90 Å². The van der Waals surface area contributed by atoms with Crippen molar-refractivity contribution >= 4 is 17.2 Å². The van der Waals surface area contributed by atoms with Gasteiger partial charge < -0.3 is 10.4 Å². The average molecular weight is 306 g/mol. The number of likely N-dealkylation sites (tertiary alicyclic amines) is 1. The number of hydrogen-bond donors (Lipinski definition) is 2. The quantitative estimate of drug-likeness (QED) is 0.828. The van der Waals surface area contributed by atoms with Crippen molar-refractivity contribution in [3.05, 3.63) is 21.9 Å². The summed E-state index contributed by atoms with van der Waals surface area (Å²) in [5, 5.41) is 11.5. The summed E-state index contributed by atoms with van der Waals surface area (Å²) in [5.41, 5.74) is -0.268. The molecule has 1 saturated heterocycles. The lowest BCUT2D eigenvalue weighted by Crippen LogP contribution is -2.39. The first-order chi connectivity index (χ1) is 10.1. The number of amides is 1. The van der Waals surface area contributed by atoms with Gasteiger partial charge in [-0.2, -0.15) is 0 Å². The molecule has 1 amide bonds. The van der Waals surface area contributed by atoms with Gasteiger partial charge in [-0.25, -0.2) is 0 Å². The van der Waals surface area contributed by atoms with Crippen molar-refractivity contribution in [1.29, 1.82) is 0 Å². The monoisotopic (exact) mass is 306 g/mol. The third kappa shape index (κ3) is 4.07. The average Bonchev–Trinajstić information content (AvgIpc) is 3.07. The standard InChI is InChI=1S/C16H22N2O2S/c1-16(15(20)17-2)8-9-18(12-16)11-14-7-6-13(21-14)5-3-4-10-19/h6-7,19H,4,8-12H2,1-2H3,(H,17,20). The SMILES string of the molecule is CNC(=O)C1(C)CCN(Cc2ccc(C#CCCO)s2)C1. The van der Waals surface area contributed by atoms with Crippen LogP contribution in [0.2, 0.25) is 0 Å². The van der Waals surface area contributed by atoms with E-state index in [4.69, 9.17) is 5.11 Å². The van der Waals surface area contributed by atoms with Gasteiger partial charge in [0.15, 0.2) is 0 Å². The largest absolute Gasteiger partial charge is 0.395 e. The van der Waals surface area contributed by atoms with Crippen molar-refractivity contribution in [2.45, 2.75) is 26.3 Å². The van der Waals surface area contributed by atoms with Crippen molar-refractivity contribution in [3.63, 3.8) is 0 Å². The first-order valence-corrected chi connectivity index (χ1v) is 8.02. The van der Waals surface area contributed by atoms with Gasteiger partial charge in [-0.15, -0.1) is 11.3 Å². The molecule has 1 fully saturated rings. The molecule has 1 unspecified atom stereocenters. The van der Waals surface area contributed by atoms with Crippen LogP contribution in [0.3, 0.4) is 0 Å². The Morgan fingerprint density at radius 2 is 2.38 bits per heavy atom. The van der Waals surface area contributed by atoms with E-state index < -0.39 is 0 Å². The second-order valence-corrected chi connectivity index (χ2v) is 6.81. The number of nitrogens with zero attached hydrogens (tertiary/aromatic N) is 1. The van der Waals surface area contributed by atoms with Gasteiger partial charge in [0.25, 0.3) is 0 Å². The fraction of sp³-hybridized carbons (Fsp3) is 0.562. The van der Waals surface area contributed by atoms with Crippen LogP contribution in [-0.2, 0) is 11.3 Å². The number of hydrogen-bond acceptors (Lipinski definition) is 4. The molecule has 2 rings (SSSR count). The highest BCUT2D eigenvalue weighted by Gasteiger charge is 2.39. The number of carbonyl (C=O) groups excluding carboxylic acids is 1. The molecule has 0 radical (unpaired) electrons. The maximum atomic E-state index is 11.9. The maximum Gasteiger partial charge on any atom is 0.227 e. The van der Waals surface area contributed by atoms with E-state index in [1.807, 2.05) is 13.0 Å². The fourth-order valence-electron chi connectivity index (χ4n) is 2.63. The van der Waals surface area contributed by atoms with E-state index >= 15 is 0 Å². The smallest absolute Gasteiger partial charge is 0.227 e. The van der Waals surface area contributed by atoms with Gasteiger partial charge >= 0.3 is 0 Å². The Morgan fingerprint density at radius 1 is 1.57 bits per heavy atom. The highest BCUT2D eigenvalue weighted by Crippen LogP contribution is 2.31. The fourth-order valence-corrected chi connectivity index (χ4v) is 3.56. The molecule has 0 aliphatic carbocycles. The predicted molar refractivity (Wildman–Crippen MR) is 85.0 cm³/mol.